The number of rotatable bonds is 10. The van der Waals surface area contributed by atoms with Gasteiger partial charge in [0.1, 0.15) is 5.75 Å². The first-order chi connectivity index (χ1) is 12.2. The van der Waals surface area contributed by atoms with Gasteiger partial charge in [-0.2, -0.15) is 0 Å². The van der Waals surface area contributed by atoms with Crippen LogP contribution in [-0.4, -0.2) is 38.2 Å². The van der Waals surface area contributed by atoms with E-state index in [9.17, 15) is 0 Å². The molecule has 0 heterocycles. The molecular formula is C21H29ClN2O. The van der Waals surface area contributed by atoms with Crippen LogP contribution in [0.4, 0.5) is 0 Å². The number of halogens is 1. The molecule has 2 aromatic carbocycles. The molecule has 0 radical (unpaired) electrons. The Balaban J connectivity index is 2.07. The first kappa shape index (κ1) is 19.8. The number of hydrogen-bond acceptors (Lipinski definition) is 3. The molecule has 2 rings (SSSR count). The van der Waals surface area contributed by atoms with E-state index in [-0.39, 0.29) is 6.04 Å². The van der Waals surface area contributed by atoms with Crippen LogP contribution < -0.4 is 10.1 Å². The van der Waals surface area contributed by atoms with Crippen LogP contribution in [0.15, 0.2) is 48.5 Å². The third kappa shape index (κ3) is 6.03. The molecule has 4 heteroatoms. The molecule has 0 spiro atoms. The highest BCUT2D eigenvalue weighted by Gasteiger charge is 2.14. The SMILES string of the molecule is CCN(CC)CCCNC(c1ccc(Cl)cc1)c1ccc(OC)cc1. The van der Waals surface area contributed by atoms with Crippen LogP contribution in [0.2, 0.25) is 5.02 Å². The quantitative estimate of drug-likeness (QED) is 0.618. The minimum atomic E-state index is 0.153. The predicted octanol–water partition coefficient (Wildman–Crippen LogP) is 4.76. The summed E-state index contributed by atoms with van der Waals surface area (Å²) in [5.41, 5.74) is 2.45. The van der Waals surface area contributed by atoms with Gasteiger partial charge in [0.15, 0.2) is 0 Å². The lowest BCUT2D eigenvalue weighted by Gasteiger charge is -2.22. The first-order valence-corrected chi connectivity index (χ1v) is 9.40. The Morgan fingerprint density at radius 1 is 0.960 bits per heavy atom. The van der Waals surface area contributed by atoms with E-state index < -0.39 is 0 Å². The molecule has 25 heavy (non-hydrogen) atoms. The van der Waals surface area contributed by atoms with E-state index in [0.29, 0.717) is 0 Å². The van der Waals surface area contributed by atoms with Gasteiger partial charge < -0.3 is 15.0 Å². The van der Waals surface area contributed by atoms with Crippen molar-refractivity contribution < 1.29 is 4.74 Å². The average molecular weight is 361 g/mol. The lowest BCUT2D eigenvalue weighted by atomic mass is 9.98. The average Bonchev–Trinajstić information content (AvgIpc) is 2.66. The molecule has 2 aromatic rings. The van der Waals surface area contributed by atoms with Gasteiger partial charge in [0.25, 0.3) is 0 Å². The lowest BCUT2D eigenvalue weighted by Crippen LogP contribution is -2.29. The molecule has 0 fully saturated rings. The van der Waals surface area contributed by atoms with Crippen molar-refractivity contribution in [3.63, 3.8) is 0 Å². The van der Waals surface area contributed by atoms with Gasteiger partial charge >= 0.3 is 0 Å². The number of benzene rings is 2. The van der Waals surface area contributed by atoms with E-state index in [1.165, 1.54) is 11.1 Å². The Bertz CT molecular complexity index is 609. The summed E-state index contributed by atoms with van der Waals surface area (Å²) in [6, 6.07) is 16.5. The molecule has 0 aliphatic rings. The summed E-state index contributed by atoms with van der Waals surface area (Å²) in [6.45, 7) is 8.73. The van der Waals surface area contributed by atoms with Crippen LogP contribution in [0.1, 0.15) is 37.4 Å². The third-order valence-corrected chi connectivity index (χ3v) is 4.80. The Morgan fingerprint density at radius 2 is 1.52 bits per heavy atom. The molecule has 0 aliphatic carbocycles. The highest BCUT2D eigenvalue weighted by Crippen LogP contribution is 2.25. The van der Waals surface area contributed by atoms with Gasteiger partial charge in [-0.25, -0.2) is 0 Å². The molecule has 1 unspecified atom stereocenters. The summed E-state index contributed by atoms with van der Waals surface area (Å²) < 4.78 is 5.28. The van der Waals surface area contributed by atoms with Gasteiger partial charge in [-0.15, -0.1) is 0 Å². The summed E-state index contributed by atoms with van der Waals surface area (Å²) in [5.74, 6) is 0.875. The number of nitrogens with one attached hydrogen (secondary N) is 1. The monoisotopic (exact) mass is 360 g/mol. The van der Waals surface area contributed by atoms with Crippen molar-refractivity contribution in [3.8, 4) is 5.75 Å². The third-order valence-electron chi connectivity index (χ3n) is 4.55. The zero-order chi connectivity index (χ0) is 18.1. The second-order valence-corrected chi connectivity index (χ2v) is 6.53. The molecule has 1 N–H and O–H groups in total. The van der Waals surface area contributed by atoms with Crippen molar-refractivity contribution in [2.75, 3.05) is 33.3 Å². The summed E-state index contributed by atoms with van der Waals surface area (Å²) in [4.78, 5) is 2.45. The summed E-state index contributed by atoms with van der Waals surface area (Å²) in [6.07, 6.45) is 1.13. The summed E-state index contributed by atoms with van der Waals surface area (Å²) in [5, 5.41) is 4.46. The van der Waals surface area contributed by atoms with Crippen LogP contribution in [0.3, 0.4) is 0 Å². The summed E-state index contributed by atoms with van der Waals surface area (Å²) in [7, 11) is 1.69. The van der Waals surface area contributed by atoms with Crippen LogP contribution in [0.25, 0.3) is 0 Å². The van der Waals surface area contributed by atoms with Crippen molar-refractivity contribution in [2.24, 2.45) is 0 Å². The van der Waals surface area contributed by atoms with E-state index >= 15 is 0 Å². The van der Waals surface area contributed by atoms with Gasteiger partial charge in [0.2, 0.25) is 0 Å². The Hall–Kier alpha value is -1.55. The molecule has 0 saturated heterocycles. The van der Waals surface area contributed by atoms with E-state index in [0.717, 1.165) is 43.4 Å². The predicted molar refractivity (Wildman–Crippen MR) is 107 cm³/mol. The fourth-order valence-corrected chi connectivity index (χ4v) is 3.09. The molecule has 3 nitrogen and oxygen atoms in total. The van der Waals surface area contributed by atoms with Crippen molar-refractivity contribution in [1.29, 1.82) is 0 Å². The van der Waals surface area contributed by atoms with E-state index in [1.54, 1.807) is 7.11 Å². The van der Waals surface area contributed by atoms with Crippen LogP contribution in [-0.2, 0) is 0 Å². The van der Waals surface area contributed by atoms with Gasteiger partial charge in [0, 0.05) is 5.02 Å². The minimum Gasteiger partial charge on any atom is -0.497 e. The van der Waals surface area contributed by atoms with Crippen molar-refractivity contribution in [2.45, 2.75) is 26.3 Å². The fourth-order valence-electron chi connectivity index (χ4n) is 2.97. The van der Waals surface area contributed by atoms with Gasteiger partial charge in [0.05, 0.1) is 13.2 Å². The maximum Gasteiger partial charge on any atom is 0.118 e. The number of hydrogen-bond donors (Lipinski definition) is 1. The second kappa shape index (κ2) is 10.4. The highest BCUT2D eigenvalue weighted by molar-refractivity contribution is 6.30. The standard InChI is InChI=1S/C21H29ClN2O/c1-4-24(5-2)16-6-15-23-21(17-7-11-19(22)12-8-17)18-9-13-20(25-3)14-10-18/h7-14,21,23H,4-6,15-16H2,1-3H3. The molecule has 0 aliphatic heterocycles. The van der Waals surface area contributed by atoms with E-state index in [4.69, 9.17) is 16.3 Å². The molecule has 0 aromatic heterocycles. The Kier molecular flexibility index (Phi) is 8.26. The number of methoxy groups -OCH3 is 1. The van der Waals surface area contributed by atoms with E-state index in [1.807, 2.05) is 24.3 Å². The van der Waals surface area contributed by atoms with Gasteiger partial charge in [-0.3, -0.25) is 0 Å². The van der Waals surface area contributed by atoms with E-state index in [2.05, 4.69) is 48.3 Å². The van der Waals surface area contributed by atoms with Crippen molar-refractivity contribution in [1.82, 2.24) is 10.2 Å². The second-order valence-electron chi connectivity index (χ2n) is 6.09. The first-order valence-electron chi connectivity index (χ1n) is 9.03. The fraction of sp³-hybridized carbons (Fsp3) is 0.429. The van der Waals surface area contributed by atoms with Crippen molar-refractivity contribution in [3.05, 3.63) is 64.7 Å². The number of nitrogens with zero attached hydrogens (tertiary/aromatic N) is 1. The maximum atomic E-state index is 6.05. The zero-order valence-corrected chi connectivity index (χ0v) is 16.2. The summed E-state index contributed by atoms with van der Waals surface area (Å²) >= 11 is 6.05. The van der Waals surface area contributed by atoms with Crippen LogP contribution in [0.5, 0.6) is 5.75 Å². The smallest absolute Gasteiger partial charge is 0.118 e. The largest absolute Gasteiger partial charge is 0.497 e. The molecular weight excluding hydrogens is 332 g/mol. The molecule has 0 bridgehead atoms. The normalized spacial score (nSPS) is 12.4. The molecule has 136 valence electrons. The minimum absolute atomic E-state index is 0.153. The van der Waals surface area contributed by atoms with Crippen LogP contribution in [0, 0.1) is 0 Å². The molecule has 0 saturated carbocycles. The molecule has 0 amide bonds. The zero-order valence-electron chi connectivity index (χ0n) is 15.5. The van der Waals surface area contributed by atoms with Gasteiger partial charge in [-0.1, -0.05) is 49.7 Å². The topological polar surface area (TPSA) is 24.5 Å². The Morgan fingerprint density at radius 3 is 2.04 bits per heavy atom. The molecule has 1 atom stereocenters. The highest BCUT2D eigenvalue weighted by atomic mass is 35.5. The van der Waals surface area contributed by atoms with Gasteiger partial charge in [-0.05, 0) is 68.0 Å². The number of ether oxygens (including phenoxy) is 1. The lowest BCUT2D eigenvalue weighted by molar-refractivity contribution is 0.297. The van der Waals surface area contributed by atoms with Crippen molar-refractivity contribution >= 4 is 11.6 Å². The maximum absolute atomic E-state index is 6.05. The Labute approximate surface area is 156 Å². The van der Waals surface area contributed by atoms with Crippen LogP contribution >= 0.6 is 11.6 Å².